The smallest absolute Gasteiger partial charge is 0.291 e. The lowest BCUT2D eigenvalue weighted by Crippen LogP contribution is -2.30. The number of halogens is 1. The molecule has 0 amide bonds. The van der Waals surface area contributed by atoms with Crippen molar-refractivity contribution >= 4 is 32.9 Å². The summed E-state index contributed by atoms with van der Waals surface area (Å²) < 4.78 is 0.554. The quantitative estimate of drug-likeness (QED) is 0.628. The molecule has 0 bridgehead atoms. The first-order chi connectivity index (χ1) is 8.65. The second kappa shape index (κ2) is 6.70. The molecule has 2 atom stereocenters. The maximum Gasteiger partial charge on any atom is 0.291 e. The van der Waals surface area contributed by atoms with Crippen molar-refractivity contribution in [2.75, 3.05) is 11.9 Å². The fourth-order valence-corrected chi connectivity index (χ4v) is 2.72. The van der Waals surface area contributed by atoms with Gasteiger partial charge < -0.3 is 10.5 Å². The number of nitrogens with one attached hydrogen (secondary N) is 2. The van der Waals surface area contributed by atoms with Crippen LogP contribution < -0.4 is 10.5 Å². The summed E-state index contributed by atoms with van der Waals surface area (Å²) in [7, 11) is 0. The number of hydrogen-bond acceptors (Lipinski definition) is 4. The van der Waals surface area contributed by atoms with E-state index in [1.54, 1.807) is 6.33 Å². The molecule has 1 aromatic heterocycles. The summed E-state index contributed by atoms with van der Waals surface area (Å²) in [5.74, 6) is 1.78. The third-order valence-electron chi connectivity index (χ3n) is 3.47. The van der Waals surface area contributed by atoms with Gasteiger partial charge in [0.2, 0.25) is 0 Å². The highest BCUT2D eigenvalue weighted by Crippen LogP contribution is 2.27. The van der Waals surface area contributed by atoms with Crippen LogP contribution >= 0.6 is 22.4 Å². The minimum Gasteiger partial charge on any atom is -0.367 e. The van der Waals surface area contributed by atoms with Gasteiger partial charge in [0.25, 0.3) is 4.70 Å². The van der Waals surface area contributed by atoms with Crippen LogP contribution in [-0.2, 0) is 0 Å². The van der Waals surface area contributed by atoms with E-state index >= 15 is 0 Å². The van der Waals surface area contributed by atoms with Gasteiger partial charge in [-0.1, -0.05) is 6.82 Å². The molecule has 0 radical (unpaired) electrons. The van der Waals surface area contributed by atoms with Gasteiger partial charge in [-0.2, -0.15) is 0 Å². The van der Waals surface area contributed by atoms with E-state index in [0.29, 0.717) is 10.7 Å². The molecule has 6 heteroatoms. The van der Waals surface area contributed by atoms with Gasteiger partial charge in [0.05, 0.1) is 0 Å². The largest absolute Gasteiger partial charge is 0.367 e. The predicted octanol–water partition coefficient (Wildman–Crippen LogP) is 2.51. The zero-order chi connectivity index (χ0) is 13.0. The first-order valence-electron chi connectivity index (χ1n) is 6.55. The summed E-state index contributed by atoms with van der Waals surface area (Å²) in [6.45, 7) is 5.37. The molecule has 0 saturated heterocycles. The number of hydrogen-bond donors (Lipinski definition) is 2. The molecule has 1 heterocycles. The number of anilines is 1. The van der Waals surface area contributed by atoms with Crippen molar-refractivity contribution in [3.05, 3.63) is 18.1 Å². The summed E-state index contributed by atoms with van der Waals surface area (Å²) in [5, 5.41) is 7.06. The molecule has 1 saturated carbocycles. The summed E-state index contributed by atoms with van der Waals surface area (Å²) >= 11 is 2.41. The highest BCUT2D eigenvalue weighted by molar-refractivity contribution is 14.1. The van der Waals surface area contributed by atoms with Crippen LogP contribution in [0.25, 0.3) is 0 Å². The van der Waals surface area contributed by atoms with Crippen molar-refractivity contribution < 1.29 is 0 Å². The van der Waals surface area contributed by atoms with Crippen LogP contribution in [0.2, 0.25) is 6.82 Å². The molecule has 1 aromatic rings. The van der Waals surface area contributed by atoms with Crippen molar-refractivity contribution in [2.45, 2.75) is 39.1 Å². The highest BCUT2D eigenvalue weighted by atomic mass is 127. The topological polar surface area (TPSA) is 49.8 Å². The second-order valence-corrected chi connectivity index (χ2v) is 6.97. The van der Waals surface area contributed by atoms with E-state index < -0.39 is 0 Å². The minimum atomic E-state index is 0.554. The van der Waals surface area contributed by atoms with Crippen molar-refractivity contribution in [2.24, 2.45) is 5.92 Å². The van der Waals surface area contributed by atoms with Crippen LogP contribution in [0.5, 0.6) is 0 Å². The van der Waals surface area contributed by atoms with Gasteiger partial charge in [0.15, 0.2) is 0 Å². The van der Waals surface area contributed by atoms with Crippen molar-refractivity contribution in [3.8, 4) is 0 Å². The predicted molar refractivity (Wildman–Crippen MR) is 85.2 cm³/mol. The molecule has 98 valence electrons. The number of nitrogens with zero attached hydrogens (tertiary/aromatic N) is 2. The lowest BCUT2D eigenvalue weighted by Gasteiger charge is -2.15. The normalized spacial score (nSPS) is 23.1. The zero-order valence-corrected chi connectivity index (χ0v) is 13.1. The van der Waals surface area contributed by atoms with Gasteiger partial charge in [0.1, 0.15) is 12.1 Å². The van der Waals surface area contributed by atoms with E-state index in [9.17, 15) is 0 Å². The van der Waals surface area contributed by atoms with Gasteiger partial charge >= 0.3 is 0 Å². The molecule has 1 fully saturated rings. The minimum absolute atomic E-state index is 0.554. The average molecular weight is 358 g/mol. The molecule has 0 aliphatic heterocycles. The van der Waals surface area contributed by atoms with Gasteiger partial charge in [0, 0.05) is 17.8 Å². The second-order valence-electron chi connectivity index (χ2n) is 5.10. The molecular formula is C12H20BIN4. The van der Waals surface area contributed by atoms with Crippen LogP contribution in [0.15, 0.2) is 12.5 Å². The molecular weight excluding hydrogens is 338 g/mol. The molecule has 0 aromatic carbocycles. The summed E-state index contributed by atoms with van der Waals surface area (Å²) in [6.07, 6.45) is 7.26. The van der Waals surface area contributed by atoms with E-state index in [1.165, 1.54) is 19.3 Å². The lowest BCUT2D eigenvalue weighted by atomic mass is 9.97. The Hall–Kier alpha value is -0.365. The summed E-state index contributed by atoms with van der Waals surface area (Å²) in [5.41, 5.74) is 1.12. The van der Waals surface area contributed by atoms with Crippen LogP contribution in [0.3, 0.4) is 0 Å². The molecule has 4 nitrogen and oxygen atoms in total. The molecule has 0 spiro atoms. The molecule has 1 aliphatic carbocycles. The summed E-state index contributed by atoms with van der Waals surface area (Å²) in [6, 6.07) is 0.565. The Balaban J connectivity index is 1.81. The Morgan fingerprint density at radius 2 is 2.33 bits per heavy atom. The zero-order valence-electron chi connectivity index (χ0n) is 11.0. The monoisotopic (exact) mass is 358 g/mol. The highest BCUT2D eigenvalue weighted by Gasteiger charge is 2.25. The van der Waals surface area contributed by atoms with E-state index in [2.05, 4.69) is 49.7 Å². The maximum absolute atomic E-state index is 4.30. The van der Waals surface area contributed by atoms with Crippen LogP contribution in [-0.4, -0.2) is 27.3 Å². The Kier molecular flexibility index (Phi) is 5.23. The molecule has 18 heavy (non-hydrogen) atoms. The third kappa shape index (κ3) is 4.08. The molecule has 2 unspecified atom stereocenters. The number of aromatic nitrogens is 2. The Morgan fingerprint density at radius 1 is 1.50 bits per heavy atom. The van der Waals surface area contributed by atoms with Gasteiger partial charge in [-0.25, -0.2) is 9.97 Å². The fourth-order valence-electron chi connectivity index (χ4n) is 2.46. The molecule has 1 aliphatic rings. The van der Waals surface area contributed by atoms with Crippen molar-refractivity contribution in [1.82, 2.24) is 15.2 Å². The average Bonchev–Trinajstić information content (AvgIpc) is 2.77. The Labute approximate surface area is 123 Å². The van der Waals surface area contributed by atoms with Gasteiger partial charge in [-0.15, -0.1) is 22.4 Å². The fraction of sp³-hybridized carbons (Fsp3) is 0.667. The van der Waals surface area contributed by atoms with Crippen molar-refractivity contribution in [1.29, 1.82) is 0 Å². The number of rotatable bonds is 5. The lowest BCUT2D eigenvalue weighted by molar-refractivity contribution is 0.535. The standard InChI is InChI=1S/C12H20BIN4/c1-9-6-15-8-16-12(9)18-11-4-3-10(5-11)7-17-13(2)14/h6,8,10-11,17H,3-5,7H2,1-2H3,(H,15,16,18). The SMILES string of the molecule is CB(I)NCC1CCC(Nc2ncncc2C)C1. The number of aryl methyl sites for hydroxylation is 1. The van der Waals surface area contributed by atoms with Gasteiger partial charge in [-0.05, 0) is 38.6 Å². The Bertz CT molecular complexity index is 388. The Morgan fingerprint density at radius 3 is 3.06 bits per heavy atom. The summed E-state index contributed by atoms with van der Waals surface area (Å²) in [4.78, 5) is 8.32. The third-order valence-corrected chi connectivity index (χ3v) is 3.91. The van der Waals surface area contributed by atoms with Crippen LogP contribution in [0.1, 0.15) is 24.8 Å². The van der Waals surface area contributed by atoms with Gasteiger partial charge in [-0.3, -0.25) is 0 Å². The van der Waals surface area contributed by atoms with Crippen molar-refractivity contribution in [3.63, 3.8) is 0 Å². The van der Waals surface area contributed by atoms with E-state index in [4.69, 9.17) is 0 Å². The first-order valence-corrected chi connectivity index (χ1v) is 7.80. The van der Waals surface area contributed by atoms with E-state index in [1.807, 2.05) is 13.1 Å². The molecule has 2 N–H and O–H groups in total. The van der Waals surface area contributed by atoms with E-state index in [-0.39, 0.29) is 0 Å². The van der Waals surface area contributed by atoms with E-state index in [0.717, 1.165) is 23.8 Å². The first kappa shape index (κ1) is 14.1. The molecule has 2 rings (SSSR count). The maximum atomic E-state index is 4.30. The van der Waals surface area contributed by atoms with Crippen LogP contribution in [0, 0.1) is 12.8 Å². The van der Waals surface area contributed by atoms with Crippen LogP contribution in [0.4, 0.5) is 5.82 Å².